The fraction of sp³-hybridized carbons (Fsp3) is 0.389. The van der Waals surface area contributed by atoms with Crippen molar-refractivity contribution in [2.45, 2.75) is 12.8 Å². The SMILES string of the molecule is Cc1ccc([C@H]2[C@H]3CN(C)CC=C3C(C#N)=C(N)C2(C#N)C#N)o1. The van der Waals surface area contributed by atoms with Crippen LogP contribution in [0, 0.1) is 52.2 Å². The molecule has 2 atom stereocenters. The zero-order valence-electron chi connectivity index (χ0n) is 13.6. The molecule has 24 heavy (non-hydrogen) atoms. The number of hydrogen-bond acceptors (Lipinski definition) is 6. The number of furan rings is 1. The van der Waals surface area contributed by atoms with Crippen molar-refractivity contribution in [3.63, 3.8) is 0 Å². The van der Waals surface area contributed by atoms with Gasteiger partial charge in [-0.05, 0) is 31.7 Å². The minimum atomic E-state index is -1.62. The first kappa shape index (κ1) is 15.9. The van der Waals surface area contributed by atoms with E-state index in [4.69, 9.17) is 10.2 Å². The van der Waals surface area contributed by atoms with E-state index in [1.54, 1.807) is 6.07 Å². The Hall–Kier alpha value is -3.01. The van der Waals surface area contributed by atoms with Gasteiger partial charge in [0.1, 0.15) is 17.6 Å². The molecule has 0 unspecified atom stereocenters. The summed E-state index contributed by atoms with van der Waals surface area (Å²) in [6.07, 6.45) is 1.96. The molecule has 1 aliphatic heterocycles. The lowest BCUT2D eigenvalue weighted by Crippen LogP contribution is -2.47. The zero-order chi connectivity index (χ0) is 17.5. The largest absolute Gasteiger partial charge is 0.466 e. The molecule has 2 heterocycles. The van der Waals surface area contributed by atoms with E-state index in [1.165, 1.54) is 0 Å². The van der Waals surface area contributed by atoms with Gasteiger partial charge in [-0.1, -0.05) is 6.08 Å². The van der Waals surface area contributed by atoms with Gasteiger partial charge in [0.05, 0.1) is 29.3 Å². The Balaban J connectivity index is 2.33. The number of rotatable bonds is 1. The zero-order valence-corrected chi connectivity index (χ0v) is 13.6. The summed E-state index contributed by atoms with van der Waals surface area (Å²) in [4.78, 5) is 2.09. The summed E-state index contributed by atoms with van der Waals surface area (Å²) < 4.78 is 5.77. The predicted molar refractivity (Wildman–Crippen MR) is 85.7 cm³/mol. The highest BCUT2D eigenvalue weighted by atomic mass is 16.3. The highest BCUT2D eigenvalue weighted by Crippen LogP contribution is 2.54. The normalized spacial score (nSPS) is 25.9. The lowest BCUT2D eigenvalue weighted by Gasteiger charge is -2.43. The van der Waals surface area contributed by atoms with E-state index in [0.29, 0.717) is 24.6 Å². The van der Waals surface area contributed by atoms with Gasteiger partial charge in [0.15, 0.2) is 5.41 Å². The molecule has 0 amide bonds. The number of aryl methyl sites for hydroxylation is 1. The van der Waals surface area contributed by atoms with Crippen LogP contribution in [0.5, 0.6) is 0 Å². The van der Waals surface area contributed by atoms with E-state index >= 15 is 0 Å². The highest BCUT2D eigenvalue weighted by molar-refractivity contribution is 5.58. The van der Waals surface area contributed by atoms with Gasteiger partial charge in [-0.3, -0.25) is 0 Å². The molecular weight excluding hydrogens is 302 g/mol. The summed E-state index contributed by atoms with van der Waals surface area (Å²) in [5, 5.41) is 29.3. The quantitative estimate of drug-likeness (QED) is 0.846. The Labute approximate surface area is 140 Å². The minimum absolute atomic E-state index is 0.0288. The Kier molecular flexibility index (Phi) is 3.68. The molecule has 0 aromatic carbocycles. The van der Waals surface area contributed by atoms with E-state index in [-0.39, 0.29) is 17.2 Å². The predicted octanol–water partition coefficient (Wildman–Crippen LogP) is 1.94. The third kappa shape index (κ3) is 2.03. The number of fused-ring (bicyclic) bond motifs is 1. The molecule has 6 heteroatoms. The molecule has 2 aliphatic rings. The maximum atomic E-state index is 9.85. The molecule has 0 saturated carbocycles. The molecular formula is C18H17N5O. The number of nitrogens with zero attached hydrogens (tertiary/aromatic N) is 4. The Morgan fingerprint density at radius 1 is 1.29 bits per heavy atom. The van der Waals surface area contributed by atoms with Crippen LogP contribution < -0.4 is 5.73 Å². The molecule has 0 bridgehead atoms. The highest BCUT2D eigenvalue weighted by Gasteiger charge is 2.55. The third-order valence-corrected chi connectivity index (χ3v) is 4.91. The topological polar surface area (TPSA) is 114 Å². The average molecular weight is 319 g/mol. The van der Waals surface area contributed by atoms with Crippen molar-refractivity contribution in [2.75, 3.05) is 20.1 Å². The number of allylic oxidation sites excluding steroid dienone is 2. The fourth-order valence-corrected chi connectivity index (χ4v) is 3.75. The van der Waals surface area contributed by atoms with Gasteiger partial charge in [-0.2, -0.15) is 15.8 Å². The second-order valence-corrected chi connectivity index (χ2v) is 6.35. The summed E-state index contributed by atoms with van der Waals surface area (Å²) in [5.41, 5.74) is 5.67. The van der Waals surface area contributed by atoms with Gasteiger partial charge < -0.3 is 15.1 Å². The molecule has 1 aromatic heterocycles. The van der Waals surface area contributed by atoms with Crippen molar-refractivity contribution in [2.24, 2.45) is 17.1 Å². The lowest BCUT2D eigenvalue weighted by atomic mass is 9.59. The summed E-state index contributed by atoms with van der Waals surface area (Å²) in [6.45, 7) is 3.14. The van der Waals surface area contributed by atoms with Crippen LogP contribution in [0.1, 0.15) is 17.4 Å². The number of nitriles is 3. The summed E-state index contributed by atoms with van der Waals surface area (Å²) in [5.74, 6) is 0.516. The lowest BCUT2D eigenvalue weighted by molar-refractivity contribution is 0.217. The van der Waals surface area contributed by atoms with Gasteiger partial charge >= 0.3 is 0 Å². The van der Waals surface area contributed by atoms with E-state index in [2.05, 4.69) is 23.1 Å². The number of nitrogens with two attached hydrogens (primary N) is 1. The molecule has 1 aromatic rings. The van der Waals surface area contributed by atoms with Crippen LogP contribution in [-0.2, 0) is 0 Å². The number of hydrogen-bond donors (Lipinski definition) is 1. The van der Waals surface area contributed by atoms with Crippen LogP contribution in [0.25, 0.3) is 0 Å². The first-order chi connectivity index (χ1) is 11.5. The molecule has 2 N–H and O–H groups in total. The van der Waals surface area contributed by atoms with Gasteiger partial charge in [-0.15, -0.1) is 0 Å². The van der Waals surface area contributed by atoms with E-state index in [1.807, 2.05) is 26.1 Å². The molecule has 0 saturated heterocycles. The van der Waals surface area contributed by atoms with Crippen LogP contribution in [0.15, 0.2) is 39.5 Å². The molecule has 6 nitrogen and oxygen atoms in total. The number of likely N-dealkylation sites (N-methyl/N-ethyl adjacent to an activating group) is 1. The first-order valence-corrected chi connectivity index (χ1v) is 7.66. The average Bonchev–Trinajstić information content (AvgIpc) is 3.00. The van der Waals surface area contributed by atoms with Gasteiger partial charge in [0.25, 0.3) is 0 Å². The van der Waals surface area contributed by atoms with Crippen molar-refractivity contribution in [3.05, 3.63) is 46.6 Å². The molecule has 0 fully saturated rings. The van der Waals surface area contributed by atoms with Crippen LogP contribution >= 0.6 is 0 Å². The van der Waals surface area contributed by atoms with Crippen LogP contribution in [0.4, 0.5) is 0 Å². The Morgan fingerprint density at radius 2 is 2.00 bits per heavy atom. The van der Waals surface area contributed by atoms with Gasteiger partial charge in [0, 0.05) is 19.0 Å². The third-order valence-electron chi connectivity index (χ3n) is 4.91. The fourth-order valence-electron chi connectivity index (χ4n) is 3.75. The summed E-state index contributed by atoms with van der Waals surface area (Å²) >= 11 is 0. The van der Waals surface area contributed by atoms with Crippen molar-refractivity contribution < 1.29 is 4.42 Å². The van der Waals surface area contributed by atoms with Crippen molar-refractivity contribution >= 4 is 0 Å². The second kappa shape index (κ2) is 5.57. The maximum Gasteiger partial charge on any atom is 0.194 e. The molecule has 1 aliphatic carbocycles. The van der Waals surface area contributed by atoms with Crippen LogP contribution in [0.2, 0.25) is 0 Å². The molecule has 120 valence electrons. The smallest absolute Gasteiger partial charge is 0.194 e. The summed E-state index contributed by atoms with van der Waals surface area (Å²) in [6, 6.07) is 9.88. The van der Waals surface area contributed by atoms with Crippen molar-refractivity contribution in [1.82, 2.24) is 4.90 Å². The summed E-state index contributed by atoms with van der Waals surface area (Å²) in [7, 11) is 1.96. The van der Waals surface area contributed by atoms with E-state index in [0.717, 1.165) is 5.57 Å². The van der Waals surface area contributed by atoms with E-state index < -0.39 is 11.3 Å². The van der Waals surface area contributed by atoms with Crippen LogP contribution in [0.3, 0.4) is 0 Å². The maximum absolute atomic E-state index is 9.85. The van der Waals surface area contributed by atoms with Crippen molar-refractivity contribution in [1.29, 1.82) is 15.8 Å². The van der Waals surface area contributed by atoms with E-state index in [9.17, 15) is 15.8 Å². The Bertz CT molecular complexity index is 856. The monoisotopic (exact) mass is 319 g/mol. The molecule has 3 rings (SSSR count). The minimum Gasteiger partial charge on any atom is -0.466 e. The standard InChI is InChI=1S/C18H17N5O/c1-11-3-4-15(24-11)16-14-8-23(2)6-5-12(14)13(7-19)17(22)18(16,9-20)10-21/h3-5,14,16H,6,8,22H2,1-2H3/t14-,16+/m0/s1. The molecule has 0 spiro atoms. The Morgan fingerprint density at radius 3 is 2.54 bits per heavy atom. The second-order valence-electron chi connectivity index (χ2n) is 6.35. The van der Waals surface area contributed by atoms with Gasteiger partial charge in [0.2, 0.25) is 0 Å². The van der Waals surface area contributed by atoms with Crippen LogP contribution in [-0.4, -0.2) is 25.0 Å². The van der Waals surface area contributed by atoms with Crippen molar-refractivity contribution in [3.8, 4) is 18.2 Å². The first-order valence-electron chi connectivity index (χ1n) is 7.66. The van der Waals surface area contributed by atoms with Gasteiger partial charge in [-0.25, -0.2) is 0 Å². The molecule has 0 radical (unpaired) electrons.